The van der Waals surface area contributed by atoms with Gasteiger partial charge < -0.3 is 10.2 Å². The van der Waals surface area contributed by atoms with Crippen LogP contribution in [-0.2, 0) is 12.7 Å². The van der Waals surface area contributed by atoms with Crippen LogP contribution in [0.15, 0.2) is 18.2 Å². The predicted octanol–water partition coefficient (Wildman–Crippen LogP) is 4.05. The number of nitrogens with one attached hydrogen (secondary N) is 1. The number of benzene rings is 1. The van der Waals surface area contributed by atoms with Gasteiger partial charge >= 0.3 is 6.18 Å². The fourth-order valence-electron chi connectivity index (χ4n) is 2.68. The molecule has 0 amide bonds. The zero-order valence-corrected chi connectivity index (χ0v) is 12.6. The van der Waals surface area contributed by atoms with Crippen molar-refractivity contribution in [2.24, 2.45) is 5.92 Å². The van der Waals surface area contributed by atoms with Gasteiger partial charge in [0.1, 0.15) is 0 Å². The van der Waals surface area contributed by atoms with Gasteiger partial charge in [-0.1, -0.05) is 19.4 Å². The van der Waals surface area contributed by atoms with E-state index in [-0.39, 0.29) is 5.69 Å². The van der Waals surface area contributed by atoms with Gasteiger partial charge in [-0.15, -0.1) is 0 Å². The van der Waals surface area contributed by atoms with Gasteiger partial charge in [0.05, 0.1) is 5.56 Å². The van der Waals surface area contributed by atoms with Crippen molar-refractivity contribution < 1.29 is 13.2 Å². The van der Waals surface area contributed by atoms with Crippen LogP contribution in [0.3, 0.4) is 0 Å². The summed E-state index contributed by atoms with van der Waals surface area (Å²) in [5, 5.41) is 3.06. The third kappa shape index (κ3) is 4.13. The SMILES string of the molecule is CCNCc1ccc(N(C)CC2CCC2)c(C(F)(F)F)c1. The zero-order chi connectivity index (χ0) is 15.5. The molecule has 0 radical (unpaired) electrons. The van der Waals surface area contributed by atoms with Crippen molar-refractivity contribution >= 4 is 5.69 Å². The van der Waals surface area contributed by atoms with Crippen molar-refractivity contribution in [2.45, 2.75) is 38.9 Å². The van der Waals surface area contributed by atoms with Crippen LogP contribution in [0.25, 0.3) is 0 Å². The Morgan fingerprint density at radius 2 is 2.00 bits per heavy atom. The van der Waals surface area contributed by atoms with Crippen LogP contribution < -0.4 is 10.2 Å². The molecular weight excluding hydrogens is 277 g/mol. The zero-order valence-electron chi connectivity index (χ0n) is 12.6. The van der Waals surface area contributed by atoms with E-state index in [0.717, 1.165) is 19.4 Å². The summed E-state index contributed by atoms with van der Waals surface area (Å²) < 4.78 is 39.9. The minimum absolute atomic E-state index is 0.287. The van der Waals surface area contributed by atoms with Crippen LogP contribution >= 0.6 is 0 Å². The van der Waals surface area contributed by atoms with E-state index in [1.807, 2.05) is 6.92 Å². The van der Waals surface area contributed by atoms with Crippen molar-refractivity contribution in [1.82, 2.24) is 5.32 Å². The topological polar surface area (TPSA) is 15.3 Å². The van der Waals surface area contributed by atoms with E-state index in [2.05, 4.69) is 5.32 Å². The van der Waals surface area contributed by atoms with E-state index in [4.69, 9.17) is 0 Å². The largest absolute Gasteiger partial charge is 0.418 e. The van der Waals surface area contributed by atoms with Crippen LogP contribution in [0.5, 0.6) is 0 Å². The van der Waals surface area contributed by atoms with Gasteiger partial charge in [0.15, 0.2) is 0 Å². The predicted molar refractivity (Wildman–Crippen MR) is 79.4 cm³/mol. The second kappa shape index (κ2) is 6.69. The number of nitrogens with zero attached hydrogens (tertiary/aromatic N) is 1. The van der Waals surface area contributed by atoms with Crippen molar-refractivity contribution in [3.05, 3.63) is 29.3 Å². The first-order chi connectivity index (χ1) is 9.91. The molecule has 1 N–H and O–H groups in total. The summed E-state index contributed by atoms with van der Waals surface area (Å²) in [4.78, 5) is 1.75. The molecule has 0 atom stereocenters. The van der Waals surface area contributed by atoms with Gasteiger partial charge in [-0.25, -0.2) is 0 Å². The Balaban J connectivity index is 2.21. The van der Waals surface area contributed by atoms with Crippen molar-refractivity contribution in [3.63, 3.8) is 0 Å². The van der Waals surface area contributed by atoms with E-state index in [0.29, 0.717) is 24.6 Å². The smallest absolute Gasteiger partial charge is 0.374 e. The molecule has 0 heterocycles. The van der Waals surface area contributed by atoms with Crippen LogP contribution in [0.2, 0.25) is 0 Å². The molecule has 1 aliphatic rings. The lowest BCUT2D eigenvalue weighted by atomic mass is 9.85. The van der Waals surface area contributed by atoms with Crippen LogP contribution in [0.1, 0.15) is 37.3 Å². The van der Waals surface area contributed by atoms with Crippen molar-refractivity contribution in [2.75, 3.05) is 25.0 Å². The van der Waals surface area contributed by atoms with E-state index >= 15 is 0 Å². The maximum Gasteiger partial charge on any atom is 0.418 e. The molecule has 5 heteroatoms. The highest BCUT2D eigenvalue weighted by Gasteiger charge is 2.35. The van der Waals surface area contributed by atoms with Crippen molar-refractivity contribution in [3.8, 4) is 0 Å². The molecule has 1 aromatic rings. The second-order valence-electron chi connectivity index (χ2n) is 5.81. The lowest BCUT2D eigenvalue weighted by Gasteiger charge is -2.32. The number of hydrogen-bond acceptors (Lipinski definition) is 2. The first kappa shape index (κ1) is 16.1. The Kier molecular flexibility index (Phi) is 5.14. The maximum absolute atomic E-state index is 13.3. The maximum atomic E-state index is 13.3. The molecule has 0 aromatic heterocycles. The van der Waals surface area contributed by atoms with Gasteiger partial charge in [0.2, 0.25) is 0 Å². The Morgan fingerprint density at radius 3 is 2.52 bits per heavy atom. The summed E-state index contributed by atoms with van der Waals surface area (Å²) in [6.07, 6.45) is -0.855. The molecular formula is C16H23F3N2. The minimum atomic E-state index is -4.31. The standard InChI is InChI=1S/C16H23F3N2/c1-3-20-10-13-7-8-15(14(9-13)16(17,18)19)21(2)11-12-5-4-6-12/h7-9,12,20H,3-6,10-11H2,1-2H3. The third-order valence-corrected chi connectivity index (χ3v) is 4.11. The normalized spacial score (nSPS) is 15.9. The minimum Gasteiger partial charge on any atom is -0.374 e. The molecule has 1 aliphatic carbocycles. The van der Waals surface area contributed by atoms with E-state index in [9.17, 15) is 13.2 Å². The number of alkyl halides is 3. The highest BCUT2D eigenvalue weighted by Crippen LogP contribution is 2.38. The molecule has 0 saturated heterocycles. The number of halogens is 3. The van der Waals surface area contributed by atoms with Crippen molar-refractivity contribution in [1.29, 1.82) is 0 Å². The van der Waals surface area contributed by atoms with Gasteiger partial charge in [-0.3, -0.25) is 0 Å². The highest BCUT2D eigenvalue weighted by molar-refractivity contribution is 5.56. The first-order valence-electron chi connectivity index (χ1n) is 7.53. The number of anilines is 1. The van der Waals surface area contributed by atoms with Crippen LogP contribution in [0.4, 0.5) is 18.9 Å². The number of hydrogen-bond donors (Lipinski definition) is 1. The molecule has 2 rings (SSSR count). The van der Waals surface area contributed by atoms with Gasteiger partial charge in [0.25, 0.3) is 0 Å². The van der Waals surface area contributed by atoms with Gasteiger partial charge in [-0.2, -0.15) is 13.2 Å². The summed E-state index contributed by atoms with van der Waals surface area (Å²) in [5.74, 6) is 0.539. The molecule has 0 spiro atoms. The molecule has 0 bridgehead atoms. The third-order valence-electron chi connectivity index (χ3n) is 4.11. The summed E-state index contributed by atoms with van der Waals surface area (Å²) in [6, 6.07) is 4.66. The Bertz CT molecular complexity index is 467. The summed E-state index contributed by atoms with van der Waals surface area (Å²) in [6.45, 7) is 3.85. The average Bonchev–Trinajstić information content (AvgIpc) is 2.39. The van der Waals surface area contributed by atoms with Crippen LogP contribution in [-0.4, -0.2) is 20.1 Å². The Morgan fingerprint density at radius 1 is 1.29 bits per heavy atom. The first-order valence-corrected chi connectivity index (χ1v) is 7.53. The summed E-state index contributed by atoms with van der Waals surface area (Å²) >= 11 is 0. The van der Waals surface area contributed by atoms with E-state index in [1.165, 1.54) is 12.5 Å². The summed E-state index contributed by atoms with van der Waals surface area (Å²) in [5.41, 5.74) is 0.430. The molecule has 0 aliphatic heterocycles. The van der Waals surface area contributed by atoms with Crippen LogP contribution in [0, 0.1) is 5.92 Å². The van der Waals surface area contributed by atoms with E-state index in [1.54, 1.807) is 24.1 Å². The average molecular weight is 300 g/mol. The molecule has 21 heavy (non-hydrogen) atoms. The molecule has 0 unspecified atom stereocenters. The number of rotatable bonds is 6. The highest BCUT2D eigenvalue weighted by atomic mass is 19.4. The molecule has 2 nitrogen and oxygen atoms in total. The second-order valence-corrected chi connectivity index (χ2v) is 5.81. The lowest BCUT2D eigenvalue weighted by molar-refractivity contribution is -0.137. The fourth-order valence-corrected chi connectivity index (χ4v) is 2.68. The molecule has 1 aromatic carbocycles. The monoisotopic (exact) mass is 300 g/mol. The summed E-state index contributed by atoms with van der Waals surface area (Å²) in [7, 11) is 1.76. The van der Waals surface area contributed by atoms with Gasteiger partial charge in [-0.05, 0) is 43.0 Å². The van der Waals surface area contributed by atoms with E-state index < -0.39 is 11.7 Å². The Labute approximate surface area is 124 Å². The van der Waals surface area contributed by atoms with Gasteiger partial charge in [0, 0.05) is 25.8 Å². The molecule has 1 saturated carbocycles. The fraction of sp³-hybridized carbons (Fsp3) is 0.625. The Hall–Kier alpha value is -1.23. The lowest BCUT2D eigenvalue weighted by Crippen LogP contribution is -2.30. The molecule has 1 fully saturated rings. The quantitative estimate of drug-likeness (QED) is 0.852. The molecule has 118 valence electrons.